The van der Waals surface area contributed by atoms with Gasteiger partial charge in [-0.15, -0.1) is 0 Å². The predicted octanol–water partition coefficient (Wildman–Crippen LogP) is 3.14. The van der Waals surface area contributed by atoms with Gasteiger partial charge in [-0.2, -0.15) is 0 Å². The van der Waals surface area contributed by atoms with Gasteiger partial charge >= 0.3 is 0 Å². The Balaban J connectivity index is 2.54. The van der Waals surface area contributed by atoms with Crippen molar-refractivity contribution in [1.29, 1.82) is 0 Å². The van der Waals surface area contributed by atoms with Crippen molar-refractivity contribution in [3.8, 4) is 0 Å². The molecule has 1 aromatic carbocycles. The normalized spacial score (nSPS) is 11.8. The number of carbonyl (C=O) groups is 1. The lowest BCUT2D eigenvalue weighted by atomic mass is 10.1. The number of aromatic nitrogens is 1. The van der Waals surface area contributed by atoms with E-state index in [0.29, 0.717) is 22.2 Å². The number of amides is 1. The van der Waals surface area contributed by atoms with Crippen molar-refractivity contribution in [2.45, 2.75) is 33.2 Å². The van der Waals surface area contributed by atoms with Crippen LogP contribution in [0.2, 0.25) is 0 Å². The molecule has 0 atom stereocenters. The Hall–Kier alpha value is -1.84. The number of para-hydroxylation sites is 1. The average molecular weight is 248 g/mol. The molecule has 1 aromatic heterocycles. The first-order chi connectivity index (χ1) is 8.29. The third kappa shape index (κ3) is 2.23. The zero-order valence-corrected chi connectivity index (χ0v) is 11.0. The van der Waals surface area contributed by atoms with E-state index in [-0.39, 0.29) is 17.3 Å². The van der Waals surface area contributed by atoms with Crippen LogP contribution in [0.5, 0.6) is 0 Å². The highest BCUT2D eigenvalue weighted by atomic mass is 19.1. The van der Waals surface area contributed by atoms with Crippen LogP contribution in [0.25, 0.3) is 10.9 Å². The van der Waals surface area contributed by atoms with Crippen molar-refractivity contribution in [2.24, 2.45) is 0 Å². The first kappa shape index (κ1) is 12.6. The summed E-state index contributed by atoms with van der Waals surface area (Å²) in [5.74, 6) is -0.526. The summed E-state index contributed by atoms with van der Waals surface area (Å²) in [6.07, 6.45) is 0. The lowest BCUT2D eigenvalue weighted by Gasteiger charge is -2.20. The van der Waals surface area contributed by atoms with E-state index in [1.165, 1.54) is 6.07 Å². The van der Waals surface area contributed by atoms with Gasteiger partial charge in [0.15, 0.2) is 0 Å². The van der Waals surface area contributed by atoms with Gasteiger partial charge in [0.2, 0.25) is 0 Å². The highest BCUT2D eigenvalue weighted by molar-refractivity contribution is 6.08. The molecule has 18 heavy (non-hydrogen) atoms. The van der Waals surface area contributed by atoms with Crippen LogP contribution in [0.4, 0.5) is 4.39 Å². The van der Waals surface area contributed by atoms with E-state index in [2.05, 4.69) is 10.3 Å². The Kier molecular flexibility index (Phi) is 2.89. The fourth-order valence-electron chi connectivity index (χ4n) is 2.01. The van der Waals surface area contributed by atoms with E-state index in [0.717, 1.165) is 0 Å². The number of aromatic amines is 1. The molecule has 96 valence electrons. The van der Waals surface area contributed by atoms with Crippen molar-refractivity contribution < 1.29 is 9.18 Å². The van der Waals surface area contributed by atoms with Gasteiger partial charge in [-0.05, 0) is 33.8 Å². The van der Waals surface area contributed by atoms with Crippen molar-refractivity contribution in [2.75, 3.05) is 0 Å². The molecule has 0 spiro atoms. The molecule has 0 saturated heterocycles. The Morgan fingerprint density at radius 1 is 1.33 bits per heavy atom. The van der Waals surface area contributed by atoms with E-state index in [1.807, 2.05) is 20.8 Å². The second-order valence-corrected chi connectivity index (χ2v) is 5.49. The fraction of sp³-hybridized carbons (Fsp3) is 0.357. The maximum Gasteiger partial charge on any atom is 0.254 e. The molecular formula is C14H17FN2O. The Morgan fingerprint density at radius 2 is 2.00 bits per heavy atom. The summed E-state index contributed by atoms with van der Waals surface area (Å²) in [6.45, 7) is 7.51. The summed E-state index contributed by atoms with van der Waals surface area (Å²) in [5, 5.41) is 3.51. The molecule has 2 rings (SSSR count). The van der Waals surface area contributed by atoms with E-state index in [4.69, 9.17) is 0 Å². The maximum absolute atomic E-state index is 13.6. The van der Waals surface area contributed by atoms with Crippen molar-refractivity contribution >= 4 is 16.8 Å². The summed E-state index contributed by atoms with van der Waals surface area (Å²) in [6, 6.07) is 4.74. The van der Waals surface area contributed by atoms with Crippen molar-refractivity contribution in [3.05, 3.63) is 35.3 Å². The quantitative estimate of drug-likeness (QED) is 0.800. The monoisotopic (exact) mass is 248 g/mol. The molecule has 0 saturated carbocycles. The molecule has 0 bridgehead atoms. The van der Waals surface area contributed by atoms with Crippen LogP contribution in [-0.2, 0) is 0 Å². The van der Waals surface area contributed by atoms with Gasteiger partial charge < -0.3 is 10.3 Å². The van der Waals surface area contributed by atoms with Crippen LogP contribution in [0.3, 0.4) is 0 Å². The molecule has 2 N–H and O–H groups in total. The average Bonchev–Trinajstić information content (AvgIpc) is 2.53. The molecular weight excluding hydrogens is 231 g/mol. The summed E-state index contributed by atoms with van der Waals surface area (Å²) in [7, 11) is 0. The lowest BCUT2D eigenvalue weighted by molar-refractivity contribution is 0.0920. The minimum atomic E-state index is -0.342. The molecule has 0 aliphatic heterocycles. The largest absolute Gasteiger partial charge is 0.356 e. The van der Waals surface area contributed by atoms with E-state index in [9.17, 15) is 9.18 Å². The minimum Gasteiger partial charge on any atom is -0.356 e. The molecule has 4 heteroatoms. The Morgan fingerprint density at radius 3 is 2.61 bits per heavy atom. The van der Waals surface area contributed by atoms with Gasteiger partial charge in [-0.1, -0.05) is 12.1 Å². The third-order valence-electron chi connectivity index (χ3n) is 2.69. The van der Waals surface area contributed by atoms with E-state index >= 15 is 0 Å². The van der Waals surface area contributed by atoms with Crippen LogP contribution in [-0.4, -0.2) is 16.4 Å². The number of hydrogen-bond acceptors (Lipinski definition) is 1. The number of aryl methyl sites for hydroxylation is 1. The number of rotatable bonds is 1. The van der Waals surface area contributed by atoms with Crippen LogP contribution in [0.1, 0.15) is 36.8 Å². The molecule has 1 heterocycles. The molecule has 3 nitrogen and oxygen atoms in total. The summed E-state index contributed by atoms with van der Waals surface area (Å²) in [4.78, 5) is 15.1. The number of hydrogen-bond donors (Lipinski definition) is 2. The topological polar surface area (TPSA) is 44.9 Å². The Bertz CT molecular complexity index is 608. The first-order valence-corrected chi connectivity index (χ1v) is 5.89. The number of halogens is 1. The smallest absolute Gasteiger partial charge is 0.254 e. The number of benzene rings is 1. The number of fused-ring (bicyclic) bond motifs is 1. The maximum atomic E-state index is 13.6. The number of H-pyrrole nitrogens is 1. The molecule has 2 aromatic rings. The molecule has 0 aliphatic rings. The lowest BCUT2D eigenvalue weighted by Crippen LogP contribution is -2.40. The minimum absolute atomic E-state index is 0.183. The van der Waals surface area contributed by atoms with Crippen LogP contribution in [0.15, 0.2) is 18.2 Å². The Labute approximate surface area is 105 Å². The standard InChI is InChI=1S/C14H17FN2O/c1-8-11(13(18)17-14(2,3)4)9-6-5-7-10(15)12(9)16-8/h5-7,16H,1-4H3,(H,17,18). The van der Waals surface area contributed by atoms with Crippen LogP contribution < -0.4 is 5.32 Å². The van der Waals surface area contributed by atoms with Gasteiger partial charge in [0, 0.05) is 16.6 Å². The van der Waals surface area contributed by atoms with Gasteiger partial charge in [-0.25, -0.2) is 4.39 Å². The SMILES string of the molecule is Cc1[nH]c2c(F)cccc2c1C(=O)NC(C)(C)C. The highest BCUT2D eigenvalue weighted by Crippen LogP contribution is 2.24. The second-order valence-electron chi connectivity index (χ2n) is 5.49. The van der Waals surface area contributed by atoms with Gasteiger partial charge in [0.25, 0.3) is 5.91 Å². The van der Waals surface area contributed by atoms with Crippen LogP contribution in [0, 0.1) is 12.7 Å². The highest BCUT2D eigenvalue weighted by Gasteiger charge is 2.21. The molecule has 1 amide bonds. The molecule has 0 fully saturated rings. The summed E-state index contributed by atoms with van der Waals surface area (Å²) >= 11 is 0. The number of nitrogens with one attached hydrogen (secondary N) is 2. The third-order valence-corrected chi connectivity index (χ3v) is 2.69. The van der Waals surface area contributed by atoms with Gasteiger partial charge in [0.05, 0.1) is 11.1 Å². The summed E-state index contributed by atoms with van der Waals surface area (Å²) in [5.41, 5.74) is 1.26. The second kappa shape index (κ2) is 4.12. The number of carbonyl (C=O) groups excluding carboxylic acids is 1. The summed E-state index contributed by atoms with van der Waals surface area (Å²) < 4.78 is 13.6. The molecule has 0 aliphatic carbocycles. The zero-order valence-electron chi connectivity index (χ0n) is 11.0. The molecule has 0 unspecified atom stereocenters. The van der Waals surface area contributed by atoms with Gasteiger partial charge in [0.1, 0.15) is 5.82 Å². The van der Waals surface area contributed by atoms with E-state index in [1.54, 1.807) is 19.1 Å². The van der Waals surface area contributed by atoms with E-state index < -0.39 is 0 Å². The zero-order chi connectivity index (χ0) is 13.5. The van der Waals surface area contributed by atoms with Crippen LogP contribution >= 0.6 is 0 Å². The van der Waals surface area contributed by atoms with Crippen molar-refractivity contribution in [3.63, 3.8) is 0 Å². The first-order valence-electron chi connectivity index (χ1n) is 5.89. The predicted molar refractivity (Wildman–Crippen MR) is 70.2 cm³/mol. The molecule has 0 radical (unpaired) electrons. The fourth-order valence-corrected chi connectivity index (χ4v) is 2.01. The van der Waals surface area contributed by atoms with Crippen molar-refractivity contribution in [1.82, 2.24) is 10.3 Å². The van der Waals surface area contributed by atoms with Gasteiger partial charge in [-0.3, -0.25) is 4.79 Å².